The van der Waals surface area contributed by atoms with E-state index in [0.29, 0.717) is 12.1 Å². The van der Waals surface area contributed by atoms with Crippen LogP contribution in [0.2, 0.25) is 5.02 Å². The summed E-state index contributed by atoms with van der Waals surface area (Å²) in [6.07, 6.45) is -10.9. The summed E-state index contributed by atoms with van der Waals surface area (Å²) in [5.74, 6) is -3.60. The lowest BCUT2D eigenvalue weighted by Gasteiger charge is -2.24. The summed E-state index contributed by atoms with van der Waals surface area (Å²) in [7, 11) is 0. The summed E-state index contributed by atoms with van der Waals surface area (Å²) in [6, 6.07) is 1.22. The Bertz CT molecular complexity index is 418. The van der Waals surface area contributed by atoms with Gasteiger partial charge in [0.15, 0.2) is 5.92 Å². The van der Waals surface area contributed by atoms with E-state index in [1.54, 1.807) is 0 Å². The minimum absolute atomic E-state index is 0.122. The molecule has 0 unspecified atom stereocenters. The first kappa shape index (κ1) is 15.4. The quantitative estimate of drug-likeness (QED) is 0.562. The summed E-state index contributed by atoms with van der Waals surface area (Å²) < 4.78 is 74.6. The van der Waals surface area contributed by atoms with Crippen LogP contribution in [0.15, 0.2) is 16.6 Å². The summed E-state index contributed by atoms with van der Waals surface area (Å²) in [6.45, 7) is 0. The molecule has 0 atom stereocenters. The van der Waals surface area contributed by atoms with E-state index >= 15 is 0 Å². The standard InChI is InChI=1S/C9H5BrClF6N/c10-4-1-3(2-5(11)6(4)18)7(8(12,13)14)9(15,16)17/h1-2,7H,18H2. The lowest BCUT2D eigenvalue weighted by atomic mass is 9.97. The fraction of sp³-hybridized carbons (Fsp3) is 0.333. The molecule has 0 bridgehead atoms. The molecule has 0 saturated heterocycles. The van der Waals surface area contributed by atoms with Gasteiger partial charge in [-0.2, -0.15) is 26.3 Å². The molecule has 0 spiro atoms. The Morgan fingerprint density at radius 3 is 1.83 bits per heavy atom. The van der Waals surface area contributed by atoms with Crippen molar-refractivity contribution >= 4 is 33.2 Å². The van der Waals surface area contributed by atoms with Crippen LogP contribution >= 0.6 is 27.5 Å². The van der Waals surface area contributed by atoms with Crippen molar-refractivity contribution in [2.24, 2.45) is 0 Å². The van der Waals surface area contributed by atoms with Crippen LogP contribution in [0, 0.1) is 0 Å². The molecule has 0 aromatic heterocycles. The SMILES string of the molecule is Nc1c(Cl)cc(C(C(F)(F)F)C(F)(F)F)cc1Br. The molecule has 1 aromatic rings. The fourth-order valence-corrected chi connectivity index (χ4v) is 2.15. The molecular weight excluding hydrogens is 351 g/mol. The van der Waals surface area contributed by atoms with E-state index < -0.39 is 23.8 Å². The topological polar surface area (TPSA) is 26.0 Å². The van der Waals surface area contributed by atoms with Crippen molar-refractivity contribution in [1.29, 1.82) is 0 Å². The fourth-order valence-electron chi connectivity index (χ4n) is 1.33. The highest BCUT2D eigenvalue weighted by molar-refractivity contribution is 9.10. The molecular formula is C9H5BrClF6N. The van der Waals surface area contributed by atoms with E-state index in [9.17, 15) is 26.3 Å². The second-order valence-electron chi connectivity index (χ2n) is 3.41. The summed E-state index contributed by atoms with van der Waals surface area (Å²) >= 11 is 8.23. The first-order valence-corrected chi connectivity index (χ1v) is 5.49. The van der Waals surface area contributed by atoms with Crippen molar-refractivity contribution in [3.8, 4) is 0 Å². The molecule has 0 aliphatic rings. The van der Waals surface area contributed by atoms with Gasteiger partial charge in [0.25, 0.3) is 0 Å². The third kappa shape index (κ3) is 3.23. The number of rotatable bonds is 1. The number of alkyl halides is 6. The molecule has 0 radical (unpaired) electrons. The van der Waals surface area contributed by atoms with Crippen molar-refractivity contribution < 1.29 is 26.3 Å². The Hall–Kier alpha value is -0.630. The van der Waals surface area contributed by atoms with Crippen LogP contribution in [0.4, 0.5) is 32.0 Å². The first-order valence-electron chi connectivity index (χ1n) is 4.32. The number of nitrogens with two attached hydrogens (primary N) is 1. The highest BCUT2D eigenvalue weighted by Crippen LogP contribution is 2.48. The monoisotopic (exact) mass is 355 g/mol. The molecule has 0 fully saturated rings. The van der Waals surface area contributed by atoms with Crippen molar-refractivity contribution in [2.45, 2.75) is 18.3 Å². The van der Waals surface area contributed by atoms with E-state index in [1.807, 2.05) is 0 Å². The minimum atomic E-state index is -5.46. The molecule has 0 aliphatic carbocycles. The van der Waals surface area contributed by atoms with Gasteiger partial charge in [-0.3, -0.25) is 0 Å². The molecule has 1 rings (SSSR count). The largest absolute Gasteiger partial charge is 0.404 e. The van der Waals surface area contributed by atoms with Gasteiger partial charge in [0.1, 0.15) is 0 Å². The highest BCUT2D eigenvalue weighted by atomic mass is 79.9. The molecule has 2 N–H and O–H groups in total. The van der Waals surface area contributed by atoms with Gasteiger partial charge < -0.3 is 5.73 Å². The zero-order valence-corrected chi connectivity index (χ0v) is 10.7. The van der Waals surface area contributed by atoms with Gasteiger partial charge in [-0.15, -0.1) is 0 Å². The van der Waals surface area contributed by atoms with E-state index in [0.717, 1.165) is 0 Å². The van der Waals surface area contributed by atoms with E-state index in [-0.39, 0.29) is 15.2 Å². The number of benzene rings is 1. The Labute approximate surface area is 111 Å². The molecule has 1 nitrogen and oxygen atoms in total. The van der Waals surface area contributed by atoms with Crippen molar-refractivity contribution in [3.05, 3.63) is 27.2 Å². The molecule has 0 saturated carbocycles. The molecule has 1 aromatic carbocycles. The van der Waals surface area contributed by atoms with Gasteiger partial charge in [0.05, 0.1) is 10.7 Å². The maximum atomic E-state index is 12.5. The third-order valence-corrected chi connectivity index (χ3v) is 3.06. The van der Waals surface area contributed by atoms with Crippen LogP contribution in [0.1, 0.15) is 11.5 Å². The zero-order chi connectivity index (χ0) is 14.3. The molecule has 0 aliphatic heterocycles. The van der Waals surface area contributed by atoms with Crippen molar-refractivity contribution in [3.63, 3.8) is 0 Å². The van der Waals surface area contributed by atoms with Crippen molar-refractivity contribution in [2.75, 3.05) is 5.73 Å². The van der Waals surface area contributed by atoms with Crippen LogP contribution in [0.5, 0.6) is 0 Å². The van der Waals surface area contributed by atoms with Gasteiger partial charge in [-0.1, -0.05) is 11.6 Å². The van der Waals surface area contributed by atoms with Gasteiger partial charge >= 0.3 is 12.4 Å². The first-order chi connectivity index (χ1) is 7.94. The maximum absolute atomic E-state index is 12.5. The van der Waals surface area contributed by atoms with Gasteiger partial charge in [0.2, 0.25) is 0 Å². The van der Waals surface area contributed by atoms with Crippen LogP contribution < -0.4 is 5.73 Å². The van der Waals surface area contributed by atoms with Crippen LogP contribution in [-0.2, 0) is 0 Å². The average Bonchev–Trinajstić information content (AvgIpc) is 2.08. The normalized spacial score (nSPS) is 13.2. The van der Waals surface area contributed by atoms with Crippen molar-refractivity contribution in [1.82, 2.24) is 0 Å². The van der Waals surface area contributed by atoms with Gasteiger partial charge in [-0.25, -0.2) is 0 Å². The maximum Gasteiger partial charge on any atom is 0.404 e. The molecule has 0 amide bonds. The Morgan fingerprint density at radius 2 is 1.50 bits per heavy atom. The lowest BCUT2D eigenvalue weighted by Crippen LogP contribution is -2.34. The summed E-state index contributed by atoms with van der Waals surface area (Å²) in [5, 5.41) is -0.377. The molecule has 18 heavy (non-hydrogen) atoms. The number of hydrogen-bond acceptors (Lipinski definition) is 1. The predicted molar refractivity (Wildman–Crippen MR) is 58.4 cm³/mol. The third-order valence-electron chi connectivity index (χ3n) is 2.09. The van der Waals surface area contributed by atoms with E-state index in [1.165, 1.54) is 0 Å². The number of halogens is 8. The Morgan fingerprint density at radius 1 is 1.06 bits per heavy atom. The lowest BCUT2D eigenvalue weighted by molar-refractivity contribution is -0.253. The number of nitrogen functional groups attached to an aromatic ring is 1. The second-order valence-corrected chi connectivity index (χ2v) is 4.68. The Balaban J connectivity index is 3.41. The zero-order valence-electron chi connectivity index (χ0n) is 8.33. The van der Waals surface area contributed by atoms with Crippen LogP contribution in [0.3, 0.4) is 0 Å². The van der Waals surface area contributed by atoms with E-state index in [2.05, 4.69) is 15.9 Å². The smallest absolute Gasteiger partial charge is 0.397 e. The molecule has 9 heteroatoms. The summed E-state index contributed by atoms with van der Waals surface area (Å²) in [4.78, 5) is 0. The average molecular weight is 356 g/mol. The predicted octanol–water partition coefficient (Wildman–Crippen LogP) is 4.89. The summed E-state index contributed by atoms with van der Waals surface area (Å²) in [5.41, 5.74) is 4.19. The van der Waals surface area contributed by atoms with E-state index in [4.69, 9.17) is 17.3 Å². The molecule has 102 valence electrons. The number of hydrogen-bond donors (Lipinski definition) is 1. The van der Waals surface area contributed by atoms with Crippen LogP contribution in [-0.4, -0.2) is 12.4 Å². The Kier molecular flexibility index (Phi) is 4.12. The second kappa shape index (κ2) is 4.80. The van der Waals surface area contributed by atoms with Crippen LogP contribution in [0.25, 0.3) is 0 Å². The van der Waals surface area contributed by atoms with Gasteiger partial charge in [-0.05, 0) is 33.6 Å². The minimum Gasteiger partial charge on any atom is -0.397 e. The molecule has 0 heterocycles. The van der Waals surface area contributed by atoms with Gasteiger partial charge in [0, 0.05) is 4.47 Å². The highest BCUT2D eigenvalue weighted by Gasteiger charge is 2.57. The number of anilines is 1.